The van der Waals surface area contributed by atoms with Gasteiger partial charge in [0.1, 0.15) is 17.6 Å². The third-order valence-electron chi connectivity index (χ3n) is 3.70. The van der Waals surface area contributed by atoms with Crippen LogP contribution in [-0.4, -0.2) is 17.8 Å². The van der Waals surface area contributed by atoms with E-state index in [0.717, 1.165) is 36.3 Å². The number of rotatable bonds is 6. The smallest absolute Gasteiger partial charge is 0.125 e. The first-order chi connectivity index (χ1) is 9.51. The first kappa shape index (κ1) is 15.2. The van der Waals surface area contributed by atoms with E-state index in [2.05, 4.69) is 20.8 Å². The van der Waals surface area contributed by atoms with Crippen LogP contribution in [0.1, 0.15) is 57.8 Å². The maximum absolute atomic E-state index is 10.4. The van der Waals surface area contributed by atoms with E-state index in [1.165, 1.54) is 5.56 Å². The van der Waals surface area contributed by atoms with Crippen molar-refractivity contribution >= 4 is 0 Å². The molecule has 0 spiro atoms. The molecule has 1 aromatic carbocycles. The van der Waals surface area contributed by atoms with Crippen molar-refractivity contribution in [3.8, 4) is 11.5 Å². The number of aliphatic hydroxyl groups excluding tert-OH is 1. The molecule has 0 saturated heterocycles. The van der Waals surface area contributed by atoms with Crippen LogP contribution in [0.25, 0.3) is 0 Å². The van der Waals surface area contributed by atoms with Gasteiger partial charge in [-0.1, -0.05) is 13.8 Å². The van der Waals surface area contributed by atoms with Gasteiger partial charge in [0.15, 0.2) is 0 Å². The predicted octanol–water partition coefficient (Wildman–Crippen LogP) is 3.88. The molecule has 20 heavy (non-hydrogen) atoms. The third-order valence-corrected chi connectivity index (χ3v) is 3.70. The van der Waals surface area contributed by atoms with Gasteiger partial charge in [-0.05, 0) is 44.7 Å². The molecule has 0 fully saturated rings. The molecule has 1 aliphatic heterocycles. The molecule has 3 heteroatoms. The predicted molar refractivity (Wildman–Crippen MR) is 80.4 cm³/mol. The summed E-state index contributed by atoms with van der Waals surface area (Å²) in [6, 6.07) is 4.01. The Hall–Kier alpha value is -1.22. The fourth-order valence-electron chi connectivity index (χ4n) is 2.64. The first-order valence-electron chi connectivity index (χ1n) is 7.65. The van der Waals surface area contributed by atoms with E-state index in [9.17, 15) is 5.11 Å². The lowest BCUT2D eigenvalue weighted by Gasteiger charge is -2.18. The lowest BCUT2D eigenvalue weighted by atomic mass is 9.97. The largest absolute Gasteiger partial charge is 0.493 e. The van der Waals surface area contributed by atoms with Crippen molar-refractivity contribution in [1.82, 2.24) is 0 Å². The summed E-state index contributed by atoms with van der Waals surface area (Å²) < 4.78 is 11.5. The van der Waals surface area contributed by atoms with Crippen molar-refractivity contribution in [1.29, 1.82) is 0 Å². The molecule has 0 bridgehead atoms. The standard InChI is InChI=1S/C17H26O3/c1-5-19-17-9-13-8-12(4)20-16(13)10-14(17)15(18)7-6-11(2)3/h9-12,15,18H,5-8H2,1-4H3. The molecule has 2 rings (SSSR count). The highest BCUT2D eigenvalue weighted by Crippen LogP contribution is 2.39. The fourth-order valence-corrected chi connectivity index (χ4v) is 2.64. The van der Waals surface area contributed by atoms with E-state index in [0.29, 0.717) is 12.5 Å². The van der Waals surface area contributed by atoms with E-state index in [-0.39, 0.29) is 6.10 Å². The number of ether oxygens (including phenoxy) is 2. The summed E-state index contributed by atoms with van der Waals surface area (Å²) in [5.74, 6) is 2.30. The molecule has 2 unspecified atom stereocenters. The SMILES string of the molecule is CCOc1cc2c(cc1C(O)CCC(C)C)OC(C)C2. The van der Waals surface area contributed by atoms with E-state index < -0.39 is 6.10 Å². The number of hydrogen-bond acceptors (Lipinski definition) is 3. The van der Waals surface area contributed by atoms with Crippen molar-refractivity contribution < 1.29 is 14.6 Å². The minimum atomic E-state index is -0.483. The van der Waals surface area contributed by atoms with Crippen LogP contribution in [0.2, 0.25) is 0 Å². The zero-order valence-electron chi connectivity index (χ0n) is 13.0. The molecule has 2 atom stereocenters. The minimum absolute atomic E-state index is 0.211. The van der Waals surface area contributed by atoms with Gasteiger partial charge in [0, 0.05) is 17.5 Å². The van der Waals surface area contributed by atoms with E-state index in [1.807, 2.05) is 19.1 Å². The van der Waals surface area contributed by atoms with Crippen molar-refractivity contribution in [3.05, 3.63) is 23.3 Å². The maximum Gasteiger partial charge on any atom is 0.125 e. The molecule has 0 saturated carbocycles. The van der Waals surface area contributed by atoms with Crippen LogP contribution in [0.4, 0.5) is 0 Å². The van der Waals surface area contributed by atoms with Gasteiger partial charge in [-0.3, -0.25) is 0 Å². The number of benzene rings is 1. The lowest BCUT2D eigenvalue weighted by molar-refractivity contribution is 0.153. The summed E-state index contributed by atoms with van der Waals surface area (Å²) in [5.41, 5.74) is 2.04. The zero-order valence-corrected chi connectivity index (χ0v) is 13.0. The molecule has 1 aromatic rings. The Balaban J connectivity index is 2.23. The normalized spacial score (nSPS) is 18.8. The first-order valence-corrected chi connectivity index (χ1v) is 7.65. The minimum Gasteiger partial charge on any atom is -0.493 e. The summed E-state index contributed by atoms with van der Waals surface area (Å²) in [7, 11) is 0. The van der Waals surface area contributed by atoms with Crippen LogP contribution >= 0.6 is 0 Å². The van der Waals surface area contributed by atoms with Crippen LogP contribution in [0.5, 0.6) is 11.5 Å². The van der Waals surface area contributed by atoms with Crippen molar-refractivity contribution in [3.63, 3.8) is 0 Å². The highest BCUT2D eigenvalue weighted by molar-refractivity contribution is 5.49. The van der Waals surface area contributed by atoms with Crippen LogP contribution in [0, 0.1) is 5.92 Å². The Labute approximate surface area is 121 Å². The van der Waals surface area contributed by atoms with Gasteiger partial charge in [0.05, 0.1) is 12.7 Å². The van der Waals surface area contributed by atoms with E-state index >= 15 is 0 Å². The molecule has 1 aliphatic rings. The number of fused-ring (bicyclic) bond motifs is 1. The van der Waals surface area contributed by atoms with Crippen LogP contribution in [-0.2, 0) is 6.42 Å². The number of aliphatic hydroxyl groups is 1. The second-order valence-corrected chi connectivity index (χ2v) is 6.05. The van der Waals surface area contributed by atoms with Gasteiger partial charge < -0.3 is 14.6 Å². The molecule has 0 amide bonds. The summed E-state index contributed by atoms with van der Waals surface area (Å²) in [5, 5.41) is 10.4. The second-order valence-electron chi connectivity index (χ2n) is 6.05. The molecular formula is C17H26O3. The lowest BCUT2D eigenvalue weighted by Crippen LogP contribution is -2.05. The Kier molecular flexibility index (Phi) is 4.92. The van der Waals surface area contributed by atoms with Crippen molar-refractivity contribution in [2.75, 3.05) is 6.61 Å². The molecule has 112 valence electrons. The average molecular weight is 278 g/mol. The fraction of sp³-hybridized carbons (Fsp3) is 0.647. The van der Waals surface area contributed by atoms with Crippen molar-refractivity contribution in [2.24, 2.45) is 5.92 Å². The average Bonchev–Trinajstić information content (AvgIpc) is 2.74. The topological polar surface area (TPSA) is 38.7 Å². The van der Waals surface area contributed by atoms with E-state index in [4.69, 9.17) is 9.47 Å². The Morgan fingerprint density at radius 2 is 2.10 bits per heavy atom. The zero-order chi connectivity index (χ0) is 14.7. The summed E-state index contributed by atoms with van der Waals surface area (Å²) in [6.45, 7) is 8.98. The Morgan fingerprint density at radius 3 is 2.75 bits per heavy atom. The van der Waals surface area contributed by atoms with Gasteiger partial charge >= 0.3 is 0 Å². The Bertz CT molecular complexity index is 454. The van der Waals surface area contributed by atoms with Gasteiger partial charge in [0.2, 0.25) is 0 Å². The molecule has 0 radical (unpaired) electrons. The van der Waals surface area contributed by atoms with Gasteiger partial charge in [-0.15, -0.1) is 0 Å². The van der Waals surface area contributed by atoms with Crippen LogP contribution < -0.4 is 9.47 Å². The molecule has 1 N–H and O–H groups in total. The molecule has 0 aliphatic carbocycles. The van der Waals surface area contributed by atoms with Crippen LogP contribution in [0.3, 0.4) is 0 Å². The molecule has 0 aromatic heterocycles. The molecule has 1 heterocycles. The molecular weight excluding hydrogens is 252 g/mol. The highest BCUT2D eigenvalue weighted by atomic mass is 16.5. The van der Waals surface area contributed by atoms with Crippen LogP contribution in [0.15, 0.2) is 12.1 Å². The van der Waals surface area contributed by atoms with E-state index in [1.54, 1.807) is 0 Å². The Morgan fingerprint density at radius 1 is 1.35 bits per heavy atom. The number of hydrogen-bond donors (Lipinski definition) is 1. The van der Waals surface area contributed by atoms with Gasteiger partial charge in [-0.25, -0.2) is 0 Å². The van der Waals surface area contributed by atoms with Crippen molar-refractivity contribution in [2.45, 2.75) is 59.2 Å². The second kappa shape index (κ2) is 6.49. The monoisotopic (exact) mass is 278 g/mol. The quantitative estimate of drug-likeness (QED) is 0.858. The van der Waals surface area contributed by atoms with Gasteiger partial charge in [0.25, 0.3) is 0 Å². The maximum atomic E-state index is 10.4. The molecule has 3 nitrogen and oxygen atoms in total. The summed E-state index contributed by atoms with van der Waals surface area (Å²) >= 11 is 0. The summed E-state index contributed by atoms with van der Waals surface area (Å²) in [6.07, 6.45) is 2.40. The van der Waals surface area contributed by atoms with Gasteiger partial charge in [-0.2, -0.15) is 0 Å². The highest BCUT2D eigenvalue weighted by Gasteiger charge is 2.24. The summed E-state index contributed by atoms with van der Waals surface area (Å²) in [4.78, 5) is 0. The third kappa shape index (κ3) is 3.45.